The molecular formula is C17H21N. The SMILES string of the molecule is CC1=CC2(C)NC3CCC4(CC=CC=C24)C(=C1)C3. The van der Waals surface area contributed by atoms with Gasteiger partial charge in [0, 0.05) is 11.5 Å². The summed E-state index contributed by atoms with van der Waals surface area (Å²) < 4.78 is 0. The van der Waals surface area contributed by atoms with Crippen molar-refractivity contribution in [2.45, 2.75) is 51.1 Å². The summed E-state index contributed by atoms with van der Waals surface area (Å²) in [6, 6.07) is 0.669. The fraction of sp³-hybridized carbons (Fsp3) is 0.529. The lowest BCUT2D eigenvalue weighted by Crippen LogP contribution is -2.46. The van der Waals surface area contributed by atoms with Crippen LogP contribution in [0.3, 0.4) is 0 Å². The van der Waals surface area contributed by atoms with Crippen molar-refractivity contribution in [2.24, 2.45) is 5.41 Å². The third kappa shape index (κ3) is 1.21. The fourth-order valence-corrected chi connectivity index (χ4v) is 4.77. The van der Waals surface area contributed by atoms with E-state index in [1.165, 1.54) is 31.3 Å². The van der Waals surface area contributed by atoms with Crippen molar-refractivity contribution in [1.82, 2.24) is 5.32 Å². The number of allylic oxidation sites excluding steroid dienone is 5. The molecule has 94 valence electrons. The molecule has 0 amide bonds. The molecule has 0 aromatic carbocycles. The number of hydrogen-bond acceptors (Lipinski definition) is 1. The molecule has 2 heterocycles. The molecule has 4 bridgehead atoms. The van der Waals surface area contributed by atoms with Crippen LogP contribution in [0, 0.1) is 5.41 Å². The standard InChI is InChI=1S/C17H21N/c1-12-9-13-10-14-6-8-17(13)7-4-3-5-15(17)16(2,11-12)18-14/h3-5,9,11,14,18H,6-8,10H2,1-2H3. The molecule has 0 aromatic heterocycles. The van der Waals surface area contributed by atoms with Crippen LogP contribution in [0.15, 0.2) is 47.1 Å². The summed E-state index contributed by atoms with van der Waals surface area (Å²) >= 11 is 0. The lowest BCUT2D eigenvalue weighted by atomic mass is 9.60. The summed E-state index contributed by atoms with van der Waals surface area (Å²) in [7, 11) is 0. The van der Waals surface area contributed by atoms with Crippen molar-refractivity contribution >= 4 is 0 Å². The smallest absolute Gasteiger partial charge is 0.0570 e. The van der Waals surface area contributed by atoms with Crippen LogP contribution in [0.1, 0.15) is 39.5 Å². The minimum Gasteiger partial charge on any atom is -0.302 e. The zero-order valence-corrected chi connectivity index (χ0v) is 11.3. The molecule has 1 spiro atoms. The van der Waals surface area contributed by atoms with Crippen LogP contribution in [-0.4, -0.2) is 11.6 Å². The predicted molar refractivity (Wildman–Crippen MR) is 75.3 cm³/mol. The Morgan fingerprint density at radius 2 is 2.28 bits per heavy atom. The molecule has 1 heteroatoms. The number of fused-ring (bicyclic) bond motifs is 1. The van der Waals surface area contributed by atoms with Gasteiger partial charge in [0.25, 0.3) is 0 Å². The van der Waals surface area contributed by atoms with Crippen molar-refractivity contribution in [3.05, 3.63) is 47.1 Å². The van der Waals surface area contributed by atoms with E-state index in [-0.39, 0.29) is 5.54 Å². The van der Waals surface area contributed by atoms with Gasteiger partial charge in [0.05, 0.1) is 5.54 Å². The average molecular weight is 239 g/mol. The number of nitrogens with one attached hydrogen (secondary N) is 1. The first-order chi connectivity index (χ1) is 8.62. The van der Waals surface area contributed by atoms with Crippen LogP contribution < -0.4 is 5.32 Å². The van der Waals surface area contributed by atoms with Crippen molar-refractivity contribution in [3.63, 3.8) is 0 Å². The van der Waals surface area contributed by atoms with Gasteiger partial charge in [-0.1, -0.05) is 41.5 Å². The van der Waals surface area contributed by atoms with E-state index in [1.807, 2.05) is 0 Å². The summed E-state index contributed by atoms with van der Waals surface area (Å²) in [5, 5.41) is 3.92. The van der Waals surface area contributed by atoms with Gasteiger partial charge in [-0.05, 0) is 45.1 Å². The lowest BCUT2D eigenvalue weighted by molar-refractivity contribution is 0.322. The van der Waals surface area contributed by atoms with E-state index in [1.54, 1.807) is 11.1 Å². The molecule has 1 nitrogen and oxygen atoms in total. The van der Waals surface area contributed by atoms with Crippen molar-refractivity contribution in [3.8, 4) is 0 Å². The van der Waals surface area contributed by atoms with E-state index >= 15 is 0 Å². The van der Waals surface area contributed by atoms with Crippen molar-refractivity contribution < 1.29 is 0 Å². The molecule has 0 aromatic rings. The van der Waals surface area contributed by atoms with E-state index in [9.17, 15) is 0 Å². The monoisotopic (exact) mass is 239 g/mol. The molecule has 3 atom stereocenters. The third-order valence-electron chi connectivity index (χ3n) is 5.36. The number of hydrogen-bond donors (Lipinski definition) is 1. The summed E-state index contributed by atoms with van der Waals surface area (Å²) in [6.07, 6.45) is 17.0. The van der Waals surface area contributed by atoms with Gasteiger partial charge >= 0.3 is 0 Å². The quantitative estimate of drug-likeness (QED) is 0.680. The second kappa shape index (κ2) is 3.27. The summed E-state index contributed by atoms with van der Waals surface area (Å²) in [5.74, 6) is 0. The maximum atomic E-state index is 3.92. The van der Waals surface area contributed by atoms with Gasteiger partial charge in [-0.25, -0.2) is 0 Å². The molecule has 3 fully saturated rings. The van der Waals surface area contributed by atoms with E-state index in [0.29, 0.717) is 11.5 Å². The van der Waals surface area contributed by atoms with Gasteiger partial charge < -0.3 is 5.32 Å². The van der Waals surface area contributed by atoms with Crippen molar-refractivity contribution in [2.75, 3.05) is 0 Å². The zero-order valence-electron chi connectivity index (χ0n) is 11.3. The normalized spacial score (nSPS) is 44.8. The Morgan fingerprint density at radius 3 is 3.17 bits per heavy atom. The minimum absolute atomic E-state index is 0.0603. The lowest BCUT2D eigenvalue weighted by Gasteiger charge is -2.43. The Bertz CT molecular complexity index is 534. The highest BCUT2D eigenvalue weighted by Gasteiger charge is 2.52. The van der Waals surface area contributed by atoms with Crippen LogP contribution in [0.2, 0.25) is 0 Å². The average Bonchev–Trinajstić information content (AvgIpc) is 2.54. The van der Waals surface area contributed by atoms with Crippen LogP contribution >= 0.6 is 0 Å². The molecule has 5 rings (SSSR count). The molecule has 3 unspecified atom stereocenters. The molecule has 1 saturated carbocycles. The molecule has 1 N–H and O–H groups in total. The number of rotatable bonds is 0. The van der Waals surface area contributed by atoms with Gasteiger partial charge in [0.1, 0.15) is 0 Å². The van der Waals surface area contributed by atoms with E-state index in [0.717, 1.165) is 0 Å². The van der Waals surface area contributed by atoms with Gasteiger partial charge in [0.15, 0.2) is 0 Å². The Kier molecular flexibility index (Phi) is 1.96. The second-order valence-corrected chi connectivity index (χ2v) is 6.64. The largest absolute Gasteiger partial charge is 0.302 e. The van der Waals surface area contributed by atoms with Gasteiger partial charge in [0.2, 0.25) is 0 Å². The summed E-state index contributed by atoms with van der Waals surface area (Å²) in [6.45, 7) is 4.62. The third-order valence-corrected chi connectivity index (χ3v) is 5.36. The minimum atomic E-state index is 0.0603. The molecule has 2 aliphatic heterocycles. The first kappa shape index (κ1) is 10.8. The Morgan fingerprint density at radius 1 is 1.39 bits per heavy atom. The Hall–Kier alpha value is -1.08. The van der Waals surface area contributed by atoms with Crippen LogP contribution in [0.25, 0.3) is 0 Å². The molecule has 0 radical (unpaired) electrons. The summed E-state index contributed by atoms with van der Waals surface area (Å²) in [5.41, 5.74) is 5.11. The van der Waals surface area contributed by atoms with Crippen molar-refractivity contribution in [1.29, 1.82) is 0 Å². The first-order valence-electron chi connectivity index (χ1n) is 7.18. The molecule has 3 aliphatic carbocycles. The van der Waals surface area contributed by atoms with Crippen LogP contribution in [0.4, 0.5) is 0 Å². The molecule has 5 aliphatic rings. The van der Waals surface area contributed by atoms with E-state index < -0.39 is 0 Å². The first-order valence-corrected chi connectivity index (χ1v) is 7.18. The second-order valence-electron chi connectivity index (χ2n) is 6.64. The van der Waals surface area contributed by atoms with Crippen LogP contribution in [0.5, 0.6) is 0 Å². The maximum absolute atomic E-state index is 3.92. The Labute approximate surface area is 109 Å². The van der Waals surface area contributed by atoms with Gasteiger partial charge in [-0.3, -0.25) is 0 Å². The predicted octanol–water partition coefficient (Wildman–Crippen LogP) is 3.66. The maximum Gasteiger partial charge on any atom is 0.0570 e. The van der Waals surface area contributed by atoms with Gasteiger partial charge in [-0.2, -0.15) is 0 Å². The molecule has 18 heavy (non-hydrogen) atoms. The molecular weight excluding hydrogens is 218 g/mol. The highest BCUT2D eigenvalue weighted by atomic mass is 15.0. The van der Waals surface area contributed by atoms with E-state index in [2.05, 4.69) is 49.5 Å². The summed E-state index contributed by atoms with van der Waals surface area (Å²) in [4.78, 5) is 0. The van der Waals surface area contributed by atoms with E-state index in [4.69, 9.17) is 0 Å². The van der Waals surface area contributed by atoms with Gasteiger partial charge in [-0.15, -0.1) is 0 Å². The zero-order chi connectivity index (χ0) is 12.4. The highest BCUT2D eigenvalue weighted by molar-refractivity contribution is 5.53. The van der Waals surface area contributed by atoms with Crippen LogP contribution in [-0.2, 0) is 0 Å². The highest BCUT2D eigenvalue weighted by Crippen LogP contribution is 2.58. The topological polar surface area (TPSA) is 12.0 Å². The fourth-order valence-electron chi connectivity index (χ4n) is 4.77. The Balaban J connectivity index is 2.04. The molecule has 2 saturated heterocycles.